The average molecular weight is 281 g/mol. The van der Waals surface area contributed by atoms with Gasteiger partial charge in [-0.1, -0.05) is 49.4 Å². The molecule has 0 fully saturated rings. The van der Waals surface area contributed by atoms with E-state index >= 15 is 0 Å². The van der Waals surface area contributed by atoms with Crippen molar-refractivity contribution < 1.29 is 4.74 Å². The highest BCUT2D eigenvalue weighted by molar-refractivity contribution is 5.41. The topological polar surface area (TPSA) is 21.3 Å². The normalized spacial score (nSPS) is 16.1. The zero-order valence-corrected chi connectivity index (χ0v) is 12.8. The van der Waals surface area contributed by atoms with E-state index in [4.69, 9.17) is 4.74 Å². The minimum absolute atomic E-state index is 0.336. The van der Waals surface area contributed by atoms with Crippen molar-refractivity contribution in [3.8, 4) is 5.75 Å². The first-order chi connectivity index (χ1) is 10.3. The molecular weight excluding hydrogens is 258 g/mol. The quantitative estimate of drug-likeness (QED) is 0.891. The molecule has 3 rings (SSSR count). The number of likely N-dealkylation sites (N-methyl/N-ethyl adjacent to an activating group) is 1. The van der Waals surface area contributed by atoms with Crippen molar-refractivity contribution in [3.05, 3.63) is 65.2 Å². The summed E-state index contributed by atoms with van der Waals surface area (Å²) in [7, 11) is 2.06. The molecule has 0 radical (unpaired) electrons. The standard InChI is InChI=1S/C19H23NO/c1-3-17(14-7-5-4-6-8-14)19(20-2)16-9-10-18-15(13-16)11-12-21-18/h4-10,13,17,19-20H,3,11-12H2,1-2H3. The van der Waals surface area contributed by atoms with Crippen LogP contribution in [-0.2, 0) is 6.42 Å². The van der Waals surface area contributed by atoms with E-state index < -0.39 is 0 Å². The van der Waals surface area contributed by atoms with Gasteiger partial charge in [-0.3, -0.25) is 0 Å². The van der Waals surface area contributed by atoms with Crippen molar-refractivity contribution in [2.24, 2.45) is 0 Å². The van der Waals surface area contributed by atoms with Gasteiger partial charge in [0.25, 0.3) is 0 Å². The molecule has 0 saturated carbocycles. The van der Waals surface area contributed by atoms with E-state index in [9.17, 15) is 0 Å². The first-order valence-corrected chi connectivity index (χ1v) is 7.81. The predicted molar refractivity (Wildman–Crippen MR) is 86.9 cm³/mol. The molecule has 1 aliphatic rings. The van der Waals surface area contributed by atoms with Gasteiger partial charge < -0.3 is 10.1 Å². The Kier molecular flexibility index (Phi) is 4.26. The second-order valence-electron chi connectivity index (χ2n) is 5.66. The molecule has 0 aromatic heterocycles. The predicted octanol–water partition coefficient (Wildman–Crippen LogP) is 4.08. The van der Waals surface area contributed by atoms with Crippen LogP contribution in [0.1, 0.15) is 42.0 Å². The van der Waals surface area contributed by atoms with Crippen molar-refractivity contribution >= 4 is 0 Å². The monoisotopic (exact) mass is 281 g/mol. The Morgan fingerprint density at radius 3 is 2.62 bits per heavy atom. The lowest BCUT2D eigenvalue weighted by atomic mass is 9.84. The molecule has 21 heavy (non-hydrogen) atoms. The van der Waals surface area contributed by atoms with E-state index in [1.165, 1.54) is 16.7 Å². The minimum Gasteiger partial charge on any atom is -0.493 e. The second kappa shape index (κ2) is 6.31. The largest absolute Gasteiger partial charge is 0.493 e. The van der Waals surface area contributed by atoms with Crippen molar-refractivity contribution in [2.75, 3.05) is 13.7 Å². The van der Waals surface area contributed by atoms with Crippen LogP contribution in [0.25, 0.3) is 0 Å². The van der Waals surface area contributed by atoms with Crippen LogP contribution in [-0.4, -0.2) is 13.7 Å². The third-order valence-electron chi connectivity index (χ3n) is 4.45. The Morgan fingerprint density at radius 1 is 1.10 bits per heavy atom. The highest BCUT2D eigenvalue weighted by Gasteiger charge is 2.23. The summed E-state index contributed by atoms with van der Waals surface area (Å²) >= 11 is 0. The van der Waals surface area contributed by atoms with Gasteiger partial charge in [0.2, 0.25) is 0 Å². The number of hydrogen-bond donors (Lipinski definition) is 1. The molecule has 2 atom stereocenters. The van der Waals surface area contributed by atoms with Crippen LogP contribution in [0.4, 0.5) is 0 Å². The van der Waals surface area contributed by atoms with Crippen LogP contribution in [0, 0.1) is 0 Å². The number of hydrogen-bond acceptors (Lipinski definition) is 2. The van der Waals surface area contributed by atoms with Crippen molar-refractivity contribution in [2.45, 2.75) is 31.7 Å². The maximum Gasteiger partial charge on any atom is 0.122 e. The zero-order valence-electron chi connectivity index (χ0n) is 12.8. The summed E-state index contributed by atoms with van der Waals surface area (Å²) in [5, 5.41) is 3.52. The molecule has 110 valence electrons. The van der Waals surface area contributed by atoms with Gasteiger partial charge in [0.15, 0.2) is 0 Å². The molecule has 2 aromatic rings. The summed E-state index contributed by atoms with van der Waals surface area (Å²) in [6.45, 7) is 3.08. The number of fused-ring (bicyclic) bond motifs is 1. The summed E-state index contributed by atoms with van der Waals surface area (Å²) < 4.78 is 5.62. The van der Waals surface area contributed by atoms with E-state index in [2.05, 4.69) is 67.8 Å². The van der Waals surface area contributed by atoms with Gasteiger partial charge in [0.1, 0.15) is 5.75 Å². The van der Waals surface area contributed by atoms with Gasteiger partial charge in [-0.25, -0.2) is 0 Å². The van der Waals surface area contributed by atoms with Crippen molar-refractivity contribution in [1.29, 1.82) is 0 Å². The lowest BCUT2D eigenvalue weighted by molar-refractivity contribution is 0.356. The van der Waals surface area contributed by atoms with Gasteiger partial charge in [0, 0.05) is 18.4 Å². The summed E-state index contributed by atoms with van der Waals surface area (Å²) in [4.78, 5) is 0. The molecule has 2 heteroatoms. The Hall–Kier alpha value is -1.80. The molecule has 2 unspecified atom stereocenters. The molecule has 0 amide bonds. The Labute approximate surface area is 127 Å². The molecular formula is C19H23NO. The zero-order chi connectivity index (χ0) is 14.7. The van der Waals surface area contributed by atoms with Crippen molar-refractivity contribution in [1.82, 2.24) is 5.32 Å². The molecule has 0 bridgehead atoms. The first kappa shape index (κ1) is 14.2. The summed E-state index contributed by atoms with van der Waals surface area (Å²) in [5.74, 6) is 1.54. The number of nitrogens with one attached hydrogen (secondary N) is 1. The minimum atomic E-state index is 0.336. The fraction of sp³-hybridized carbons (Fsp3) is 0.368. The van der Waals surface area contributed by atoms with Gasteiger partial charge in [-0.15, -0.1) is 0 Å². The van der Waals surface area contributed by atoms with E-state index in [0.29, 0.717) is 12.0 Å². The molecule has 0 saturated heterocycles. The highest BCUT2D eigenvalue weighted by atomic mass is 16.5. The molecule has 0 aliphatic carbocycles. The fourth-order valence-corrected chi connectivity index (χ4v) is 3.36. The van der Waals surface area contributed by atoms with E-state index in [1.54, 1.807) is 0 Å². The van der Waals surface area contributed by atoms with E-state index in [0.717, 1.165) is 25.2 Å². The van der Waals surface area contributed by atoms with Crippen LogP contribution in [0.5, 0.6) is 5.75 Å². The lowest BCUT2D eigenvalue weighted by Gasteiger charge is -2.27. The number of rotatable bonds is 5. The molecule has 2 aromatic carbocycles. The smallest absolute Gasteiger partial charge is 0.122 e. The van der Waals surface area contributed by atoms with Crippen LogP contribution < -0.4 is 10.1 Å². The van der Waals surface area contributed by atoms with Crippen LogP contribution in [0.2, 0.25) is 0 Å². The third-order valence-corrected chi connectivity index (χ3v) is 4.45. The van der Waals surface area contributed by atoms with Gasteiger partial charge in [-0.05, 0) is 36.2 Å². The molecule has 1 heterocycles. The average Bonchev–Trinajstić information content (AvgIpc) is 3.00. The second-order valence-corrected chi connectivity index (χ2v) is 5.66. The maximum atomic E-state index is 5.62. The Balaban J connectivity index is 1.93. The fourth-order valence-electron chi connectivity index (χ4n) is 3.36. The van der Waals surface area contributed by atoms with Crippen LogP contribution in [0.15, 0.2) is 48.5 Å². The van der Waals surface area contributed by atoms with Gasteiger partial charge in [0.05, 0.1) is 6.61 Å². The maximum absolute atomic E-state index is 5.62. The molecule has 0 spiro atoms. The summed E-state index contributed by atoms with van der Waals surface area (Å²) in [5.41, 5.74) is 4.10. The summed E-state index contributed by atoms with van der Waals surface area (Å²) in [6.07, 6.45) is 2.14. The summed E-state index contributed by atoms with van der Waals surface area (Å²) in [6, 6.07) is 17.8. The van der Waals surface area contributed by atoms with Crippen molar-refractivity contribution in [3.63, 3.8) is 0 Å². The van der Waals surface area contributed by atoms with Crippen LogP contribution >= 0.6 is 0 Å². The number of benzene rings is 2. The third kappa shape index (κ3) is 2.81. The van der Waals surface area contributed by atoms with E-state index in [1.807, 2.05) is 0 Å². The SMILES string of the molecule is CCC(c1ccccc1)C(NC)c1ccc2c(c1)CCO2. The molecule has 1 aliphatic heterocycles. The Morgan fingerprint density at radius 2 is 1.90 bits per heavy atom. The first-order valence-electron chi connectivity index (χ1n) is 7.81. The Bertz CT molecular complexity index is 594. The molecule has 2 nitrogen and oxygen atoms in total. The lowest BCUT2D eigenvalue weighted by Crippen LogP contribution is -2.23. The van der Waals surface area contributed by atoms with E-state index in [-0.39, 0.29) is 0 Å². The van der Waals surface area contributed by atoms with Gasteiger partial charge in [-0.2, -0.15) is 0 Å². The number of ether oxygens (including phenoxy) is 1. The highest BCUT2D eigenvalue weighted by Crippen LogP contribution is 2.36. The van der Waals surface area contributed by atoms with Gasteiger partial charge >= 0.3 is 0 Å². The molecule has 1 N–H and O–H groups in total. The van der Waals surface area contributed by atoms with Crippen LogP contribution in [0.3, 0.4) is 0 Å².